The molecule has 0 fully saturated rings. The van der Waals surface area contributed by atoms with Crippen molar-refractivity contribution in [2.75, 3.05) is 4.90 Å². The van der Waals surface area contributed by atoms with E-state index in [2.05, 4.69) is 196 Å². The quantitative estimate of drug-likeness (QED) is 0.176. The summed E-state index contributed by atoms with van der Waals surface area (Å²) in [4.78, 5) is 2.55. The van der Waals surface area contributed by atoms with Gasteiger partial charge in [0.15, 0.2) is 0 Å². The first-order valence-corrected chi connectivity index (χ1v) is 19.8. The highest BCUT2D eigenvalue weighted by atomic mass is 15.1. The number of nitrogens with zero attached hydrogens (tertiary/aromatic N) is 1. The number of rotatable bonds is 4. The lowest BCUT2D eigenvalue weighted by Crippen LogP contribution is -2.26. The van der Waals surface area contributed by atoms with Gasteiger partial charge < -0.3 is 4.90 Å². The average Bonchev–Trinajstić information content (AvgIpc) is 3.76. The molecule has 0 saturated heterocycles. The molecule has 0 heterocycles. The van der Waals surface area contributed by atoms with Crippen LogP contribution in [0.5, 0.6) is 0 Å². The Labute approximate surface area is 325 Å². The van der Waals surface area contributed by atoms with Gasteiger partial charge in [-0.25, -0.2) is 0 Å². The molecule has 1 spiro atoms. The molecular weight excluding hydrogens is 663 g/mol. The third-order valence-electron chi connectivity index (χ3n) is 13.1. The molecule has 264 valence electrons. The zero-order valence-corrected chi connectivity index (χ0v) is 31.9. The fourth-order valence-corrected chi connectivity index (χ4v) is 10.6. The van der Waals surface area contributed by atoms with Crippen LogP contribution in [-0.4, -0.2) is 0 Å². The number of hydrogen-bond donors (Lipinski definition) is 0. The summed E-state index contributed by atoms with van der Waals surface area (Å²) in [6.07, 6.45) is 8.91. The number of aryl methyl sites for hydroxylation is 2. The summed E-state index contributed by atoms with van der Waals surface area (Å²) in [5, 5.41) is 0. The van der Waals surface area contributed by atoms with Gasteiger partial charge in [-0.2, -0.15) is 0 Å². The molecule has 0 bridgehead atoms. The van der Waals surface area contributed by atoms with Crippen LogP contribution >= 0.6 is 0 Å². The summed E-state index contributed by atoms with van der Waals surface area (Å²) >= 11 is 0. The first-order chi connectivity index (χ1) is 26.9. The van der Waals surface area contributed by atoms with Crippen molar-refractivity contribution in [3.8, 4) is 33.4 Å². The van der Waals surface area contributed by atoms with Crippen LogP contribution in [0.4, 0.5) is 17.1 Å². The lowest BCUT2D eigenvalue weighted by Gasteiger charge is -2.33. The highest BCUT2D eigenvalue weighted by Crippen LogP contribution is 2.64. The van der Waals surface area contributed by atoms with E-state index in [9.17, 15) is 0 Å². The highest BCUT2D eigenvalue weighted by Gasteiger charge is 2.52. The SMILES string of the molecule is Cc1ccc2c(c1)C1(c3ccccc3-c3ccc(N(c4ccc5c(c4)C(C)(C)c4ccccc4-5)c4ccccc4C4=CC=CCC4)cc31)c1cc(C)ccc1-2. The molecule has 7 aromatic rings. The van der Waals surface area contributed by atoms with Crippen LogP contribution in [0.2, 0.25) is 0 Å². The summed E-state index contributed by atoms with van der Waals surface area (Å²) < 4.78 is 0. The smallest absolute Gasteiger partial charge is 0.0726 e. The molecule has 1 nitrogen and oxygen atoms in total. The van der Waals surface area contributed by atoms with Gasteiger partial charge in [-0.1, -0.05) is 158 Å². The molecular formula is C54H43N. The Morgan fingerprint density at radius 1 is 0.455 bits per heavy atom. The van der Waals surface area contributed by atoms with Gasteiger partial charge in [0.2, 0.25) is 0 Å². The van der Waals surface area contributed by atoms with E-state index in [0.717, 1.165) is 12.8 Å². The molecule has 0 amide bonds. The van der Waals surface area contributed by atoms with E-state index in [1.54, 1.807) is 0 Å². The summed E-state index contributed by atoms with van der Waals surface area (Å²) in [6.45, 7) is 9.24. The predicted octanol–water partition coefficient (Wildman–Crippen LogP) is 14.2. The van der Waals surface area contributed by atoms with E-state index >= 15 is 0 Å². The van der Waals surface area contributed by atoms with Gasteiger partial charge in [0.1, 0.15) is 0 Å². The second-order valence-electron chi connectivity index (χ2n) is 16.5. The zero-order chi connectivity index (χ0) is 37.1. The fraction of sp³-hybridized carbons (Fsp3) is 0.148. The Bertz CT molecular complexity index is 2770. The largest absolute Gasteiger partial charge is 0.310 e. The van der Waals surface area contributed by atoms with Gasteiger partial charge in [0, 0.05) is 22.4 Å². The topological polar surface area (TPSA) is 3.24 Å². The maximum Gasteiger partial charge on any atom is 0.0726 e. The number of allylic oxidation sites excluding steroid dienone is 4. The third-order valence-corrected chi connectivity index (χ3v) is 13.1. The molecule has 0 saturated carbocycles. The monoisotopic (exact) mass is 705 g/mol. The van der Waals surface area contributed by atoms with Crippen molar-refractivity contribution >= 4 is 22.6 Å². The van der Waals surface area contributed by atoms with Crippen LogP contribution in [0.15, 0.2) is 164 Å². The first kappa shape index (κ1) is 32.3. The van der Waals surface area contributed by atoms with Gasteiger partial charge in [0.25, 0.3) is 0 Å². The average molecular weight is 706 g/mol. The minimum absolute atomic E-state index is 0.111. The Morgan fingerprint density at radius 2 is 0.945 bits per heavy atom. The van der Waals surface area contributed by atoms with Crippen LogP contribution in [0.3, 0.4) is 0 Å². The highest BCUT2D eigenvalue weighted by molar-refractivity contribution is 5.97. The number of benzene rings is 7. The first-order valence-electron chi connectivity index (χ1n) is 19.8. The van der Waals surface area contributed by atoms with Crippen molar-refractivity contribution in [1.82, 2.24) is 0 Å². The number of anilines is 3. The maximum absolute atomic E-state index is 2.55. The van der Waals surface area contributed by atoms with Crippen LogP contribution in [0.1, 0.15) is 76.8 Å². The molecule has 4 aliphatic carbocycles. The Balaban J connectivity index is 1.20. The zero-order valence-electron chi connectivity index (χ0n) is 31.9. The normalized spacial score (nSPS) is 15.8. The number of fused-ring (bicyclic) bond motifs is 13. The van der Waals surface area contributed by atoms with E-state index in [1.807, 2.05) is 0 Å². The van der Waals surface area contributed by atoms with Gasteiger partial charge in [-0.3, -0.25) is 0 Å². The van der Waals surface area contributed by atoms with Crippen molar-refractivity contribution in [2.24, 2.45) is 0 Å². The van der Waals surface area contributed by atoms with Gasteiger partial charge in [-0.05, 0) is 129 Å². The maximum atomic E-state index is 2.55. The van der Waals surface area contributed by atoms with E-state index in [-0.39, 0.29) is 5.41 Å². The minimum Gasteiger partial charge on any atom is -0.310 e. The van der Waals surface area contributed by atoms with Gasteiger partial charge in [0.05, 0.1) is 11.1 Å². The molecule has 11 rings (SSSR count). The molecule has 0 N–H and O–H groups in total. The van der Waals surface area contributed by atoms with Crippen molar-refractivity contribution in [3.05, 3.63) is 214 Å². The summed E-state index contributed by atoms with van der Waals surface area (Å²) in [7, 11) is 0. The number of para-hydroxylation sites is 1. The Kier molecular flexibility index (Phi) is 6.84. The molecule has 0 aromatic heterocycles. The minimum atomic E-state index is -0.423. The van der Waals surface area contributed by atoms with Gasteiger partial charge in [-0.15, -0.1) is 0 Å². The van der Waals surface area contributed by atoms with Crippen molar-refractivity contribution in [2.45, 2.75) is 51.4 Å². The summed E-state index contributed by atoms with van der Waals surface area (Å²) in [5.74, 6) is 0. The predicted molar refractivity (Wildman–Crippen MR) is 231 cm³/mol. The van der Waals surface area contributed by atoms with Crippen molar-refractivity contribution in [3.63, 3.8) is 0 Å². The van der Waals surface area contributed by atoms with Crippen molar-refractivity contribution < 1.29 is 0 Å². The Hall–Kier alpha value is -6.18. The molecule has 0 unspecified atom stereocenters. The molecule has 7 aromatic carbocycles. The fourth-order valence-electron chi connectivity index (χ4n) is 10.6. The third kappa shape index (κ3) is 4.41. The standard InChI is InChI=1S/C54H43N/c1-34-22-26-43-44-27-23-35(2)31-50(44)54(49(43)30-34)47-20-12-9-18-41(47)45-29-25-38(33-51(45)54)55(52-21-13-10-16-39(52)36-14-6-5-7-15-36)37-24-28-42-40-17-8-11-19-46(40)53(3,4)48(42)32-37/h5-6,8-14,16-33H,7,15H2,1-4H3. The second kappa shape index (κ2) is 11.7. The van der Waals surface area contributed by atoms with Crippen LogP contribution in [0, 0.1) is 13.8 Å². The Morgan fingerprint density at radius 3 is 1.58 bits per heavy atom. The lowest BCUT2D eigenvalue weighted by atomic mass is 9.70. The van der Waals surface area contributed by atoms with Crippen LogP contribution in [0.25, 0.3) is 39.0 Å². The van der Waals surface area contributed by atoms with E-state index in [0.29, 0.717) is 0 Å². The van der Waals surface area contributed by atoms with Crippen LogP contribution < -0.4 is 4.90 Å². The lowest BCUT2D eigenvalue weighted by molar-refractivity contribution is 0.660. The van der Waals surface area contributed by atoms with E-state index in [4.69, 9.17) is 0 Å². The molecule has 0 radical (unpaired) electrons. The van der Waals surface area contributed by atoms with Gasteiger partial charge >= 0.3 is 0 Å². The van der Waals surface area contributed by atoms with E-state index < -0.39 is 5.41 Å². The van der Waals surface area contributed by atoms with Crippen molar-refractivity contribution in [1.29, 1.82) is 0 Å². The molecule has 4 aliphatic rings. The van der Waals surface area contributed by atoms with E-state index in [1.165, 1.54) is 106 Å². The number of hydrogen-bond acceptors (Lipinski definition) is 1. The molecule has 1 heteroatoms. The van der Waals surface area contributed by atoms with Crippen LogP contribution in [-0.2, 0) is 10.8 Å². The molecule has 0 atom stereocenters. The molecule has 55 heavy (non-hydrogen) atoms. The second-order valence-corrected chi connectivity index (χ2v) is 16.5. The summed E-state index contributed by atoms with van der Waals surface area (Å²) in [6, 6.07) is 55.9. The summed E-state index contributed by atoms with van der Waals surface area (Å²) in [5.41, 5.74) is 24.6. The molecule has 0 aliphatic heterocycles.